The van der Waals surface area contributed by atoms with Crippen molar-refractivity contribution < 1.29 is 8.78 Å². The maximum Gasteiger partial charge on any atom is 0.191 e. The second kappa shape index (κ2) is 8.29. The average molecular weight is 364 g/mol. The normalized spacial score (nSPS) is 17.8. The van der Waals surface area contributed by atoms with E-state index >= 15 is 0 Å². The molecule has 2 N–H and O–H groups in total. The second-order valence-corrected chi connectivity index (χ2v) is 6.95. The Morgan fingerprint density at radius 3 is 2.76 bits per heavy atom. The molecule has 0 aliphatic carbocycles. The van der Waals surface area contributed by atoms with E-state index < -0.39 is 11.6 Å². The van der Waals surface area contributed by atoms with Crippen LogP contribution in [0.25, 0.3) is 0 Å². The summed E-state index contributed by atoms with van der Waals surface area (Å²) in [6.45, 7) is 4.54. The minimum absolute atomic E-state index is 0.0623. The Morgan fingerprint density at radius 1 is 1.28 bits per heavy atom. The van der Waals surface area contributed by atoms with Gasteiger partial charge in [0.15, 0.2) is 5.96 Å². The van der Waals surface area contributed by atoms with Gasteiger partial charge in [-0.25, -0.2) is 13.8 Å². The highest BCUT2D eigenvalue weighted by Gasteiger charge is 2.27. The number of hydrogen-bond donors (Lipinski definition) is 2. The molecule has 1 fully saturated rings. The number of thiophene rings is 1. The number of aliphatic imine (C=N–C) groups is 1. The zero-order valence-electron chi connectivity index (χ0n) is 14.1. The number of rotatable bonds is 5. The Balaban J connectivity index is 1.63. The molecule has 1 unspecified atom stereocenters. The Morgan fingerprint density at radius 2 is 2.08 bits per heavy atom. The molecule has 1 aliphatic rings. The highest BCUT2D eigenvalue weighted by atomic mass is 32.1. The fourth-order valence-electron chi connectivity index (χ4n) is 2.95. The van der Waals surface area contributed by atoms with Gasteiger partial charge in [-0.3, -0.25) is 0 Å². The second-order valence-electron chi connectivity index (χ2n) is 5.92. The van der Waals surface area contributed by atoms with E-state index in [2.05, 4.69) is 21.7 Å². The first kappa shape index (κ1) is 17.7. The quantitative estimate of drug-likeness (QED) is 0.631. The van der Waals surface area contributed by atoms with Crippen molar-refractivity contribution in [2.45, 2.75) is 25.9 Å². The van der Waals surface area contributed by atoms with Crippen molar-refractivity contribution in [1.29, 1.82) is 0 Å². The molecule has 1 aromatic heterocycles. The first-order valence-electron chi connectivity index (χ1n) is 8.43. The van der Waals surface area contributed by atoms with Gasteiger partial charge in [-0.15, -0.1) is 11.3 Å². The van der Waals surface area contributed by atoms with Gasteiger partial charge in [0.25, 0.3) is 0 Å². The number of benzene rings is 1. The van der Waals surface area contributed by atoms with E-state index in [4.69, 9.17) is 0 Å². The van der Waals surface area contributed by atoms with Crippen LogP contribution in [0.15, 0.2) is 40.7 Å². The minimum Gasteiger partial charge on any atom is -0.365 e. The maximum atomic E-state index is 14.0. The molecule has 2 heterocycles. The summed E-state index contributed by atoms with van der Waals surface area (Å²) < 4.78 is 27.9. The van der Waals surface area contributed by atoms with Crippen LogP contribution in [0.5, 0.6) is 0 Å². The predicted molar refractivity (Wildman–Crippen MR) is 99.2 cm³/mol. The van der Waals surface area contributed by atoms with Crippen molar-refractivity contribution in [1.82, 2.24) is 10.6 Å². The summed E-state index contributed by atoms with van der Waals surface area (Å²) in [5.41, 5.74) is 0.0623. The van der Waals surface area contributed by atoms with Crippen molar-refractivity contribution in [3.05, 3.63) is 52.2 Å². The molecule has 0 radical (unpaired) electrons. The predicted octanol–water partition coefficient (Wildman–Crippen LogP) is 3.36. The lowest BCUT2D eigenvalue weighted by molar-refractivity contribution is 0.576. The molecule has 0 amide bonds. The van der Waals surface area contributed by atoms with Crippen molar-refractivity contribution in [3.63, 3.8) is 0 Å². The van der Waals surface area contributed by atoms with E-state index in [-0.39, 0.29) is 11.7 Å². The molecule has 0 saturated carbocycles. The molecule has 0 spiro atoms. The molecule has 4 nitrogen and oxygen atoms in total. The topological polar surface area (TPSA) is 39.7 Å². The number of guanidine groups is 1. The molecule has 2 aromatic rings. The van der Waals surface area contributed by atoms with E-state index in [1.54, 1.807) is 16.2 Å². The molecular formula is C18H22F2N4S. The number of halogens is 2. The molecule has 1 aliphatic heterocycles. The van der Waals surface area contributed by atoms with Gasteiger partial charge >= 0.3 is 0 Å². The standard InChI is InChI=1S/C18H22F2N4S/c1-2-21-18(22-11-14-5-4-10-25-14)23-13-8-9-24(12-13)17-15(19)6-3-7-16(17)20/h3-7,10,13H,2,8-9,11-12H2,1H3,(H2,21,22,23). The number of hydrogen-bond acceptors (Lipinski definition) is 3. The number of nitrogens with one attached hydrogen (secondary N) is 2. The van der Waals surface area contributed by atoms with Crippen LogP contribution in [0.1, 0.15) is 18.2 Å². The summed E-state index contributed by atoms with van der Waals surface area (Å²) in [7, 11) is 0. The lowest BCUT2D eigenvalue weighted by Gasteiger charge is -2.21. The molecule has 3 rings (SSSR count). The maximum absolute atomic E-state index is 14.0. The van der Waals surface area contributed by atoms with Crippen molar-refractivity contribution in [3.8, 4) is 0 Å². The third kappa shape index (κ3) is 4.48. The Labute approximate surface area is 150 Å². The van der Waals surface area contributed by atoms with E-state index in [0.717, 1.165) is 18.9 Å². The number of para-hydroxylation sites is 1. The molecule has 1 atom stereocenters. The van der Waals surface area contributed by atoms with Gasteiger partial charge in [-0.1, -0.05) is 12.1 Å². The van der Waals surface area contributed by atoms with E-state index in [1.807, 2.05) is 18.4 Å². The lowest BCUT2D eigenvalue weighted by atomic mass is 10.2. The van der Waals surface area contributed by atoms with E-state index in [1.165, 1.54) is 23.1 Å². The van der Waals surface area contributed by atoms with Crippen LogP contribution < -0.4 is 15.5 Å². The summed E-state index contributed by atoms with van der Waals surface area (Å²) in [5, 5.41) is 8.63. The Kier molecular flexibility index (Phi) is 5.86. The van der Waals surface area contributed by atoms with Crippen molar-refractivity contribution in [2.75, 3.05) is 24.5 Å². The van der Waals surface area contributed by atoms with Crippen LogP contribution in [0.2, 0.25) is 0 Å². The number of anilines is 1. The van der Waals surface area contributed by atoms with E-state index in [0.29, 0.717) is 19.6 Å². The SMILES string of the molecule is CCNC(=NCc1cccs1)NC1CCN(c2c(F)cccc2F)C1. The molecule has 1 aromatic carbocycles. The average Bonchev–Trinajstić information content (AvgIpc) is 3.25. The van der Waals surface area contributed by atoms with Crippen LogP contribution in [0.4, 0.5) is 14.5 Å². The summed E-state index contributed by atoms with van der Waals surface area (Å²) in [4.78, 5) is 7.54. The van der Waals surface area contributed by atoms with Gasteiger partial charge in [-0.05, 0) is 36.9 Å². The van der Waals surface area contributed by atoms with Crippen LogP contribution in [-0.4, -0.2) is 31.6 Å². The zero-order valence-corrected chi connectivity index (χ0v) is 15.0. The monoisotopic (exact) mass is 364 g/mol. The van der Waals surface area contributed by atoms with Gasteiger partial charge in [0.05, 0.1) is 6.54 Å². The first-order chi connectivity index (χ1) is 12.2. The third-order valence-corrected chi connectivity index (χ3v) is 4.96. The third-order valence-electron chi connectivity index (χ3n) is 4.10. The van der Waals surface area contributed by atoms with Crippen LogP contribution in [-0.2, 0) is 6.54 Å². The van der Waals surface area contributed by atoms with Gasteiger partial charge in [0.1, 0.15) is 17.3 Å². The minimum atomic E-state index is -0.515. The smallest absolute Gasteiger partial charge is 0.191 e. The van der Waals surface area contributed by atoms with Crippen molar-refractivity contribution >= 4 is 23.0 Å². The lowest BCUT2D eigenvalue weighted by Crippen LogP contribution is -2.44. The van der Waals surface area contributed by atoms with Gasteiger partial charge in [0.2, 0.25) is 0 Å². The van der Waals surface area contributed by atoms with Crippen LogP contribution >= 0.6 is 11.3 Å². The zero-order chi connectivity index (χ0) is 17.6. The fraction of sp³-hybridized carbons (Fsp3) is 0.389. The molecular weight excluding hydrogens is 342 g/mol. The largest absolute Gasteiger partial charge is 0.365 e. The van der Waals surface area contributed by atoms with Crippen LogP contribution in [0.3, 0.4) is 0 Å². The summed E-state index contributed by atoms with van der Waals surface area (Å²) in [5.74, 6) is -0.297. The van der Waals surface area contributed by atoms with Gasteiger partial charge in [-0.2, -0.15) is 0 Å². The number of nitrogens with zero attached hydrogens (tertiary/aromatic N) is 2. The van der Waals surface area contributed by atoms with E-state index in [9.17, 15) is 8.78 Å². The first-order valence-corrected chi connectivity index (χ1v) is 9.31. The van der Waals surface area contributed by atoms with Crippen LogP contribution in [0, 0.1) is 11.6 Å². The van der Waals surface area contributed by atoms with Gasteiger partial charge in [0, 0.05) is 30.6 Å². The van der Waals surface area contributed by atoms with Gasteiger partial charge < -0.3 is 15.5 Å². The Hall–Kier alpha value is -2.15. The highest BCUT2D eigenvalue weighted by molar-refractivity contribution is 7.09. The van der Waals surface area contributed by atoms with Crippen molar-refractivity contribution in [2.24, 2.45) is 4.99 Å². The summed E-state index contributed by atoms with van der Waals surface area (Å²) in [6, 6.07) is 8.14. The fourth-order valence-corrected chi connectivity index (χ4v) is 3.57. The molecule has 134 valence electrons. The molecule has 0 bridgehead atoms. The summed E-state index contributed by atoms with van der Waals surface area (Å²) in [6.07, 6.45) is 0.803. The molecule has 25 heavy (non-hydrogen) atoms. The molecule has 7 heteroatoms. The summed E-state index contributed by atoms with van der Waals surface area (Å²) >= 11 is 1.67. The Bertz CT molecular complexity index is 698. The molecule has 1 saturated heterocycles. The highest BCUT2D eigenvalue weighted by Crippen LogP contribution is 2.26.